The van der Waals surface area contributed by atoms with Crippen molar-refractivity contribution in [1.82, 2.24) is 20.5 Å². The van der Waals surface area contributed by atoms with Crippen LogP contribution in [0.2, 0.25) is 0 Å². The van der Waals surface area contributed by atoms with Crippen molar-refractivity contribution >= 4 is 69.8 Å². The van der Waals surface area contributed by atoms with Crippen LogP contribution < -0.4 is 16.4 Å². The van der Waals surface area contributed by atoms with Gasteiger partial charge in [0.05, 0.1) is 12.0 Å². The second-order valence-electron chi connectivity index (χ2n) is 12.9. The van der Waals surface area contributed by atoms with Crippen molar-refractivity contribution in [2.75, 3.05) is 31.4 Å². The first-order chi connectivity index (χ1) is 22.8. The van der Waals surface area contributed by atoms with Crippen LogP contribution >= 0.6 is 23.1 Å². The number of nitrogens with zero attached hydrogens (tertiary/aromatic N) is 3. The Bertz CT molecular complexity index is 1510. The summed E-state index contributed by atoms with van der Waals surface area (Å²) in [5.41, 5.74) is 4.18. The number of rotatable bonds is 13. The Kier molecular flexibility index (Phi) is 13.0. The van der Waals surface area contributed by atoms with E-state index in [9.17, 15) is 28.8 Å². The molecule has 49 heavy (non-hydrogen) atoms. The molecule has 1 saturated heterocycles. The van der Waals surface area contributed by atoms with Crippen LogP contribution in [0, 0.1) is 5.41 Å². The highest BCUT2D eigenvalue weighted by Gasteiger charge is 2.55. The number of carbonyl (C=O) groups is 6. The Morgan fingerprint density at radius 3 is 2.39 bits per heavy atom. The van der Waals surface area contributed by atoms with Gasteiger partial charge in [0.15, 0.2) is 10.8 Å². The van der Waals surface area contributed by atoms with E-state index in [1.165, 1.54) is 24.1 Å². The summed E-state index contributed by atoms with van der Waals surface area (Å²) in [4.78, 5) is 86.8. The number of hydrogen-bond acceptors (Lipinski definition) is 16. The van der Waals surface area contributed by atoms with Gasteiger partial charge in [0.1, 0.15) is 41.1 Å². The highest BCUT2D eigenvalue weighted by atomic mass is 32.2. The van der Waals surface area contributed by atoms with Crippen LogP contribution in [0.3, 0.4) is 0 Å². The van der Waals surface area contributed by atoms with Crippen molar-refractivity contribution in [2.24, 2.45) is 10.6 Å². The van der Waals surface area contributed by atoms with Gasteiger partial charge in [0, 0.05) is 23.6 Å². The molecular weight excluding hydrogens is 684 g/mol. The number of fused-ring (bicyclic) bond motifs is 1. The van der Waals surface area contributed by atoms with Gasteiger partial charge in [0.2, 0.25) is 6.79 Å². The van der Waals surface area contributed by atoms with E-state index in [1.807, 2.05) is 0 Å². The number of alkyl carbamates (subject to hydrolysis) is 1. The smallest absolute Gasteiger partial charge is 0.407 e. The molecule has 2 aliphatic rings. The molecule has 3 rings (SSSR count). The van der Waals surface area contributed by atoms with Gasteiger partial charge >= 0.3 is 24.0 Å². The first kappa shape index (κ1) is 39.1. The molecule has 1 fully saturated rings. The fraction of sp³-hybridized carbons (Fsp3) is 0.600. The molecule has 3 amide bonds. The predicted octanol–water partition coefficient (Wildman–Crippen LogP) is 2.06. The quantitative estimate of drug-likeness (QED) is 0.0661. The molecule has 0 saturated carbocycles. The van der Waals surface area contributed by atoms with E-state index in [1.54, 1.807) is 48.5 Å². The topological polar surface area (TPSA) is 227 Å². The number of nitrogens with one attached hydrogen (secondary N) is 2. The number of thioether (sulfide) groups is 1. The average Bonchev–Trinajstić information content (AvgIpc) is 3.43. The van der Waals surface area contributed by atoms with Crippen LogP contribution in [0.1, 0.15) is 67.5 Å². The number of β-lactam (4-membered cyclic amide) rings is 1. The maximum Gasteiger partial charge on any atom is 0.407 e. The van der Waals surface area contributed by atoms with Crippen LogP contribution in [-0.2, 0) is 47.8 Å². The number of ether oxygens (including phenoxy) is 4. The van der Waals surface area contributed by atoms with Gasteiger partial charge in [-0.1, -0.05) is 12.1 Å². The molecule has 17 nitrogen and oxygen atoms in total. The molecule has 1 aromatic heterocycles. The Morgan fingerprint density at radius 1 is 1.12 bits per heavy atom. The molecule has 1 aromatic rings. The zero-order valence-corrected chi connectivity index (χ0v) is 30.2. The van der Waals surface area contributed by atoms with E-state index in [0.29, 0.717) is 12.0 Å². The van der Waals surface area contributed by atoms with Gasteiger partial charge in [0.25, 0.3) is 11.8 Å². The minimum absolute atomic E-state index is 0.0219. The number of carbonyl (C=O) groups excluding carboxylic acids is 6. The minimum Gasteiger partial charge on any atom is -0.461 e. The Labute approximate surface area is 291 Å². The molecular formula is C30H42N6O11S2. The van der Waals surface area contributed by atoms with Crippen LogP contribution in [0.15, 0.2) is 21.8 Å². The molecule has 2 aliphatic heterocycles. The second-order valence-corrected chi connectivity index (χ2v) is 14.8. The third-order valence-corrected chi connectivity index (χ3v) is 8.58. The van der Waals surface area contributed by atoms with E-state index in [-0.39, 0.29) is 41.1 Å². The Morgan fingerprint density at radius 2 is 1.82 bits per heavy atom. The molecule has 0 aliphatic carbocycles. The Balaban J connectivity index is 1.77. The lowest BCUT2D eigenvalue weighted by Crippen LogP contribution is -2.71. The monoisotopic (exact) mass is 726 g/mol. The van der Waals surface area contributed by atoms with Gasteiger partial charge in [-0.05, 0) is 48.0 Å². The van der Waals surface area contributed by atoms with E-state index in [2.05, 4.69) is 20.8 Å². The molecule has 3 atom stereocenters. The summed E-state index contributed by atoms with van der Waals surface area (Å²) in [6, 6.07) is -1.11. The molecule has 0 spiro atoms. The first-order valence-electron chi connectivity index (χ1n) is 15.2. The normalized spacial score (nSPS) is 18.4. The molecule has 270 valence electrons. The van der Waals surface area contributed by atoms with Crippen molar-refractivity contribution in [3.63, 3.8) is 0 Å². The van der Waals surface area contributed by atoms with Gasteiger partial charge < -0.3 is 40.2 Å². The number of oxime groups is 1. The van der Waals surface area contributed by atoms with Crippen LogP contribution in [0.25, 0.3) is 0 Å². The minimum atomic E-state index is -1.11. The Hall–Kier alpha value is -4.39. The van der Waals surface area contributed by atoms with Crippen molar-refractivity contribution in [2.45, 2.75) is 84.9 Å². The first-order valence-corrected chi connectivity index (χ1v) is 17.1. The fourth-order valence-electron chi connectivity index (χ4n) is 4.10. The summed E-state index contributed by atoms with van der Waals surface area (Å²) in [7, 11) is 0. The number of hydrogen-bond donors (Lipinski definition) is 3. The highest BCUT2D eigenvalue weighted by molar-refractivity contribution is 8.00. The average molecular weight is 727 g/mol. The molecule has 3 heterocycles. The number of amides is 3. The summed E-state index contributed by atoms with van der Waals surface area (Å²) >= 11 is 2.28. The summed E-state index contributed by atoms with van der Waals surface area (Å²) in [6.07, 6.45) is -0.905. The van der Waals surface area contributed by atoms with Crippen LogP contribution in [0.5, 0.6) is 0 Å². The molecule has 1 unspecified atom stereocenters. The van der Waals surface area contributed by atoms with Crippen molar-refractivity contribution in [3.05, 3.63) is 22.3 Å². The van der Waals surface area contributed by atoms with E-state index < -0.39 is 71.1 Å². The third-order valence-electron chi connectivity index (χ3n) is 6.57. The SMILES string of the molecule is CCC(CNC(=O)OC(C)(C)C)ON=C(C(=O)N[C@@H]1C(=O)N2C(C(=O)OCOC(=O)C(C)(C)C)=C(COC(C)=O)CS[C@H]12)c1csc(N)n1. The molecule has 4 N–H and O–H groups in total. The predicted molar refractivity (Wildman–Crippen MR) is 178 cm³/mol. The lowest BCUT2D eigenvalue weighted by molar-refractivity contribution is -0.173. The molecule has 0 radical (unpaired) electrons. The summed E-state index contributed by atoms with van der Waals surface area (Å²) in [5.74, 6) is -3.51. The van der Waals surface area contributed by atoms with Crippen molar-refractivity contribution in [1.29, 1.82) is 0 Å². The number of esters is 3. The summed E-state index contributed by atoms with van der Waals surface area (Å²) in [5, 5.41) is 10.2. The maximum absolute atomic E-state index is 13.6. The lowest BCUT2D eigenvalue weighted by atomic mass is 9.98. The van der Waals surface area contributed by atoms with E-state index in [4.69, 9.17) is 29.5 Å². The third kappa shape index (κ3) is 10.8. The molecule has 0 aromatic carbocycles. The number of nitrogens with two attached hydrogens (primary N) is 1. The highest BCUT2D eigenvalue weighted by Crippen LogP contribution is 2.41. The number of aromatic nitrogens is 1. The molecule has 19 heteroatoms. The van der Waals surface area contributed by atoms with Crippen molar-refractivity contribution in [3.8, 4) is 0 Å². The maximum atomic E-state index is 13.6. The number of nitrogen functional groups attached to an aromatic ring is 1. The number of anilines is 1. The van der Waals surface area contributed by atoms with Gasteiger partial charge in [-0.25, -0.2) is 14.6 Å². The number of thiazole rings is 1. The van der Waals surface area contributed by atoms with E-state index in [0.717, 1.165) is 16.2 Å². The van der Waals surface area contributed by atoms with Crippen molar-refractivity contribution < 1.29 is 52.6 Å². The summed E-state index contributed by atoms with van der Waals surface area (Å²) < 4.78 is 20.5. The van der Waals surface area contributed by atoms with E-state index >= 15 is 0 Å². The lowest BCUT2D eigenvalue weighted by Gasteiger charge is -2.49. The standard InChI is InChI=1S/C30H42N6O11S2/c1-9-17(10-32-28(42)46-30(6,7)8)47-35-19(18-13-49-27(31)33-18)22(38)34-20-23(39)36-21(16(11-43-15(2)37)12-48-24(20)36)25(40)44-14-45-26(41)29(3,4)5/h13,17,20,24H,9-12,14H2,1-8H3,(H2,31,33)(H,32,42)(H,34,38)/t17?,20-,24-/m1/s1. The van der Waals surface area contributed by atoms with Crippen LogP contribution in [0.4, 0.5) is 9.93 Å². The van der Waals surface area contributed by atoms with Gasteiger partial charge in [-0.2, -0.15) is 0 Å². The zero-order valence-electron chi connectivity index (χ0n) is 28.6. The second kappa shape index (κ2) is 16.3. The van der Waals surface area contributed by atoms with Gasteiger partial charge in [-0.15, -0.1) is 23.1 Å². The largest absolute Gasteiger partial charge is 0.461 e. The summed E-state index contributed by atoms with van der Waals surface area (Å²) in [6.45, 7) is 12.1. The van der Waals surface area contributed by atoms with Gasteiger partial charge in [-0.3, -0.25) is 24.1 Å². The molecule has 0 bridgehead atoms. The van der Waals surface area contributed by atoms with Crippen LogP contribution in [-0.4, -0.2) is 100 Å². The zero-order chi connectivity index (χ0) is 36.7. The fourth-order valence-corrected chi connectivity index (χ4v) is 5.97.